The number of nitrogens with one attached hydrogen (secondary N) is 1. The molecule has 1 aromatic heterocycles. The molecule has 1 amide bonds. The Balaban J connectivity index is 1.78. The van der Waals surface area contributed by atoms with Crippen molar-refractivity contribution in [2.75, 3.05) is 31.6 Å². The third-order valence-corrected chi connectivity index (χ3v) is 6.15. The number of carbonyl (C=O) groups excluding carboxylic acids is 1. The minimum Gasteiger partial charge on any atom is -0.503 e. The van der Waals surface area contributed by atoms with Gasteiger partial charge in [0.05, 0.1) is 18.1 Å². The summed E-state index contributed by atoms with van der Waals surface area (Å²) in [7, 11) is -3.64. The average Bonchev–Trinajstić information content (AvgIpc) is 2.64. The molecule has 2 heterocycles. The zero-order chi connectivity index (χ0) is 19.4. The molecule has 1 fully saturated rings. The largest absolute Gasteiger partial charge is 0.503 e. The van der Waals surface area contributed by atoms with Gasteiger partial charge in [-0.05, 0) is 30.7 Å². The number of benzene rings is 1. The number of nitrogens with zero attached hydrogens (tertiary/aromatic N) is 2. The molecule has 0 aliphatic carbocycles. The van der Waals surface area contributed by atoms with E-state index in [1.165, 1.54) is 27.2 Å². The number of aryl methyl sites for hydroxylation is 1. The summed E-state index contributed by atoms with van der Waals surface area (Å²) >= 11 is 0. The van der Waals surface area contributed by atoms with E-state index in [2.05, 4.69) is 5.32 Å². The van der Waals surface area contributed by atoms with Crippen molar-refractivity contribution in [2.45, 2.75) is 18.4 Å². The number of pyridine rings is 1. The topological polar surface area (TPSA) is 99.8 Å². The SMILES string of the molecule is Cc1ccc(S(=O)(=O)N2CCOCC2)cc1NC(=O)C[n+]1cccc(O)c1. The molecular formula is C18H22N3O5S+. The number of hydrogen-bond acceptors (Lipinski definition) is 5. The van der Waals surface area contributed by atoms with Crippen molar-refractivity contribution in [2.24, 2.45) is 0 Å². The number of hydrogen-bond donors (Lipinski definition) is 2. The van der Waals surface area contributed by atoms with Gasteiger partial charge in [-0.15, -0.1) is 0 Å². The lowest BCUT2D eigenvalue weighted by molar-refractivity contribution is -0.684. The molecule has 1 aromatic carbocycles. The van der Waals surface area contributed by atoms with Crippen molar-refractivity contribution in [1.82, 2.24) is 4.31 Å². The third-order valence-electron chi connectivity index (χ3n) is 4.26. The van der Waals surface area contributed by atoms with E-state index in [0.29, 0.717) is 32.0 Å². The molecule has 9 heteroatoms. The van der Waals surface area contributed by atoms with Crippen molar-refractivity contribution >= 4 is 21.6 Å². The number of aromatic nitrogens is 1. The van der Waals surface area contributed by atoms with Gasteiger partial charge in [0, 0.05) is 24.8 Å². The van der Waals surface area contributed by atoms with E-state index in [0.717, 1.165) is 5.56 Å². The van der Waals surface area contributed by atoms with Crippen molar-refractivity contribution in [1.29, 1.82) is 0 Å². The summed E-state index contributed by atoms with van der Waals surface area (Å²) in [5, 5.41) is 12.2. The van der Waals surface area contributed by atoms with E-state index < -0.39 is 10.0 Å². The van der Waals surface area contributed by atoms with Crippen molar-refractivity contribution < 1.29 is 27.6 Å². The zero-order valence-electron chi connectivity index (χ0n) is 15.0. The Morgan fingerprint density at radius 1 is 1.30 bits per heavy atom. The molecule has 0 spiro atoms. The summed E-state index contributed by atoms with van der Waals surface area (Å²) < 4.78 is 33.7. The highest BCUT2D eigenvalue weighted by Crippen LogP contribution is 2.23. The predicted octanol–water partition coefficient (Wildman–Crippen LogP) is 0.648. The van der Waals surface area contributed by atoms with Crippen LogP contribution in [0.3, 0.4) is 0 Å². The van der Waals surface area contributed by atoms with Crippen LogP contribution in [0.1, 0.15) is 5.56 Å². The van der Waals surface area contributed by atoms with Gasteiger partial charge in [0.25, 0.3) is 5.91 Å². The fourth-order valence-corrected chi connectivity index (χ4v) is 4.23. The fraction of sp³-hybridized carbons (Fsp3) is 0.333. The van der Waals surface area contributed by atoms with E-state index in [1.54, 1.807) is 31.3 Å². The van der Waals surface area contributed by atoms with Crippen LogP contribution < -0.4 is 9.88 Å². The predicted molar refractivity (Wildman–Crippen MR) is 97.7 cm³/mol. The molecule has 0 saturated carbocycles. The van der Waals surface area contributed by atoms with Crippen LogP contribution in [-0.2, 0) is 26.1 Å². The maximum absolute atomic E-state index is 12.8. The first-order chi connectivity index (χ1) is 12.9. The molecule has 1 saturated heterocycles. The molecule has 27 heavy (non-hydrogen) atoms. The summed E-state index contributed by atoms with van der Waals surface area (Å²) in [4.78, 5) is 12.5. The highest BCUT2D eigenvalue weighted by molar-refractivity contribution is 7.89. The van der Waals surface area contributed by atoms with Crippen LogP contribution in [-0.4, -0.2) is 50.0 Å². The number of carbonyl (C=O) groups is 1. The van der Waals surface area contributed by atoms with Gasteiger partial charge in [-0.2, -0.15) is 8.87 Å². The number of morpholine rings is 1. The summed E-state index contributed by atoms with van der Waals surface area (Å²) in [6.45, 7) is 3.15. The highest BCUT2D eigenvalue weighted by Gasteiger charge is 2.27. The quantitative estimate of drug-likeness (QED) is 0.728. The van der Waals surface area contributed by atoms with Crippen LogP contribution in [0.5, 0.6) is 5.75 Å². The lowest BCUT2D eigenvalue weighted by Gasteiger charge is -2.26. The second-order valence-electron chi connectivity index (χ2n) is 6.28. The summed E-state index contributed by atoms with van der Waals surface area (Å²) in [5.74, 6) is -0.269. The molecule has 8 nitrogen and oxygen atoms in total. The normalized spacial score (nSPS) is 15.4. The molecule has 3 rings (SSSR count). The first-order valence-corrected chi connectivity index (χ1v) is 9.97. The molecule has 2 aromatic rings. The highest BCUT2D eigenvalue weighted by atomic mass is 32.2. The first-order valence-electron chi connectivity index (χ1n) is 8.53. The molecule has 1 aliphatic rings. The van der Waals surface area contributed by atoms with Crippen molar-refractivity contribution in [3.63, 3.8) is 0 Å². The van der Waals surface area contributed by atoms with Crippen LogP contribution in [0.2, 0.25) is 0 Å². The average molecular weight is 392 g/mol. The first kappa shape index (κ1) is 19.3. The third kappa shape index (κ3) is 4.62. The smallest absolute Gasteiger partial charge is 0.290 e. The second-order valence-corrected chi connectivity index (χ2v) is 8.21. The zero-order valence-corrected chi connectivity index (χ0v) is 15.8. The maximum atomic E-state index is 12.8. The standard InChI is InChI=1S/C18H21N3O5S/c1-14-4-5-16(27(24,25)21-7-9-26-10-8-21)11-17(14)19-18(23)13-20-6-2-3-15(22)12-20/h2-6,11-12H,7-10,13H2,1H3,(H-,19,22,23)/p+1. The van der Waals surface area contributed by atoms with Crippen LogP contribution in [0.25, 0.3) is 0 Å². The minimum absolute atomic E-state index is 0.00567. The van der Waals surface area contributed by atoms with Gasteiger partial charge in [0.15, 0.2) is 11.9 Å². The summed E-state index contributed by atoms with van der Waals surface area (Å²) in [5.41, 5.74) is 1.19. The van der Waals surface area contributed by atoms with E-state index in [1.807, 2.05) is 0 Å². The summed E-state index contributed by atoms with van der Waals surface area (Å²) in [6, 6.07) is 7.83. The fourth-order valence-electron chi connectivity index (χ4n) is 2.79. The number of ether oxygens (including phenoxy) is 1. The Hall–Kier alpha value is -2.49. The molecule has 0 bridgehead atoms. The van der Waals surface area contributed by atoms with Crippen LogP contribution in [0.4, 0.5) is 5.69 Å². The number of amides is 1. The lowest BCUT2D eigenvalue weighted by Crippen LogP contribution is -2.40. The van der Waals surface area contributed by atoms with E-state index in [9.17, 15) is 18.3 Å². The molecule has 1 aliphatic heterocycles. The Kier molecular flexibility index (Phi) is 5.73. The van der Waals surface area contributed by atoms with Gasteiger partial charge < -0.3 is 15.2 Å². The van der Waals surface area contributed by atoms with E-state index in [4.69, 9.17) is 4.74 Å². The van der Waals surface area contributed by atoms with Crippen LogP contribution in [0, 0.1) is 6.92 Å². The van der Waals surface area contributed by atoms with Gasteiger partial charge in [0.1, 0.15) is 0 Å². The molecule has 2 N–H and O–H groups in total. The Morgan fingerprint density at radius 2 is 2.04 bits per heavy atom. The molecular weight excluding hydrogens is 370 g/mol. The Morgan fingerprint density at radius 3 is 2.74 bits per heavy atom. The van der Waals surface area contributed by atoms with E-state index >= 15 is 0 Å². The summed E-state index contributed by atoms with van der Waals surface area (Å²) in [6.07, 6.45) is 3.09. The second kappa shape index (κ2) is 8.03. The lowest BCUT2D eigenvalue weighted by atomic mass is 10.2. The van der Waals surface area contributed by atoms with Gasteiger partial charge in [-0.1, -0.05) is 6.07 Å². The molecule has 144 valence electrons. The maximum Gasteiger partial charge on any atom is 0.290 e. The van der Waals surface area contributed by atoms with Gasteiger partial charge in [-0.3, -0.25) is 4.79 Å². The molecule has 0 unspecified atom stereocenters. The van der Waals surface area contributed by atoms with Crippen molar-refractivity contribution in [3.8, 4) is 5.75 Å². The van der Waals surface area contributed by atoms with Crippen LogP contribution in [0.15, 0.2) is 47.6 Å². The van der Waals surface area contributed by atoms with E-state index in [-0.39, 0.29) is 23.1 Å². The number of aromatic hydroxyl groups is 1. The number of rotatable bonds is 5. The van der Waals surface area contributed by atoms with Gasteiger partial charge in [0.2, 0.25) is 22.8 Å². The Bertz CT molecular complexity index is 940. The molecule has 0 radical (unpaired) electrons. The van der Waals surface area contributed by atoms with Gasteiger partial charge in [-0.25, -0.2) is 8.42 Å². The molecule has 0 atom stereocenters. The van der Waals surface area contributed by atoms with Crippen LogP contribution >= 0.6 is 0 Å². The monoisotopic (exact) mass is 392 g/mol. The Labute approximate surface area is 158 Å². The number of anilines is 1. The van der Waals surface area contributed by atoms with Crippen molar-refractivity contribution in [3.05, 3.63) is 48.3 Å². The minimum atomic E-state index is -3.64. The van der Waals surface area contributed by atoms with Gasteiger partial charge >= 0.3 is 0 Å². The number of sulfonamides is 1.